The molecule has 0 saturated carbocycles. The first-order valence-electron chi connectivity index (χ1n) is 9.83. The molecule has 1 aromatic heterocycles. The van der Waals surface area contributed by atoms with Gasteiger partial charge in [-0.25, -0.2) is 8.42 Å². The number of hydrogen-bond donors (Lipinski definition) is 2. The Morgan fingerprint density at radius 3 is 2.47 bits per heavy atom. The Kier molecular flexibility index (Phi) is 7.88. The summed E-state index contributed by atoms with van der Waals surface area (Å²) in [5.74, 6) is -1.25. The highest BCUT2D eigenvalue weighted by molar-refractivity contribution is 8.18. The lowest BCUT2D eigenvalue weighted by Gasteiger charge is -2.22. The number of nitrogens with one attached hydrogen (secondary N) is 2. The molecule has 170 valence electrons. The largest absolute Gasteiger partial charge is 0.353 e. The molecule has 1 unspecified atom stereocenters. The van der Waals surface area contributed by atoms with E-state index in [0.29, 0.717) is 4.91 Å². The van der Waals surface area contributed by atoms with Crippen molar-refractivity contribution < 1.29 is 22.8 Å². The molecule has 0 aliphatic carbocycles. The smallest absolute Gasteiger partial charge is 0.293 e. The van der Waals surface area contributed by atoms with Gasteiger partial charge in [-0.1, -0.05) is 50.2 Å². The summed E-state index contributed by atoms with van der Waals surface area (Å²) in [5, 5.41) is 3.86. The van der Waals surface area contributed by atoms with Gasteiger partial charge in [-0.15, -0.1) is 11.3 Å². The van der Waals surface area contributed by atoms with E-state index >= 15 is 0 Å². The molecule has 2 aromatic rings. The van der Waals surface area contributed by atoms with Crippen molar-refractivity contribution in [2.45, 2.75) is 24.1 Å². The zero-order chi connectivity index (χ0) is 23.3. The van der Waals surface area contributed by atoms with E-state index in [-0.39, 0.29) is 23.2 Å². The summed E-state index contributed by atoms with van der Waals surface area (Å²) < 4.78 is 27.5. The molecule has 1 atom stereocenters. The molecule has 11 heteroatoms. The van der Waals surface area contributed by atoms with Crippen LogP contribution in [0.4, 0.5) is 4.79 Å². The maximum Gasteiger partial charge on any atom is 0.293 e. The van der Waals surface area contributed by atoms with E-state index in [1.165, 1.54) is 6.07 Å². The third-order valence-corrected chi connectivity index (χ3v) is 8.34. The van der Waals surface area contributed by atoms with Crippen LogP contribution >= 0.6 is 23.1 Å². The number of nitrogens with zero attached hydrogens (tertiary/aromatic N) is 1. The fourth-order valence-corrected chi connectivity index (χ4v) is 6.15. The average Bonchev–Trinajstić information content (AvgIpc) is 3.38. The summed E-state index contributed by atoms with van der Waals surface area (Å²) in [4.78, 5) is 38.8. The molecule has 0 bridgehead atoms. The standard InChI is InChI=1S/C21H23N3O5S3/c1-14(2)18(23-32(28,29)17-9-6-12-30-17)19(25)22-10-11-24-20(26)16(31-21(24)27)13-15-7-4-3-5-8-15/h3-9,12-14,18,23H,10-11H2,1-2H3,(H,22,25). The van der Waals surface area contributed by atoms with E-state index in [1.54, 1.807) is 31.4 Å². The van der Waals surface area contributed by atoms with Crippen molar-refractivity contribution in [3.8, 4) is 0 Å². The number of imide groups is 1. The summed E-state index contributed by atoms with van der Waals surface area (Å²) in [6.07, 6.45) is 1.65. The van der Waals surface area contributed by atoms with Crippen molar-refractivity contribution in [1.82, 2.24) is 14.9 Å². The van der Waals surface area contributed by atoms with E-state index in [1.807, 2.05) is 30.3 Å². The van der Waals surface area contributed by atoms with Gasteiger partial charge in [-0.05, 0) is 40.8 Å². The van der Waals surface area contributed by atoms with Gasteiger partial charge in [0.1, 0.15) is 10.3 Å². The normalized spacial score (nSPS) is 16.7. The Morgan fingerprint density at radius 1 is 1.12 bits per heavy atom. The molecule has 32 heavy (non-hydrogen) atoms. The van der Waals surface area contributed by atoms with E-state index in [4.69, 9.17) is 0 Å². The second kappa shape index (κ2) is 10.4. The average molecular weight is 494 g/mol. The van der Waals surface area contributed by atoms with Crippen molar-refractivity contribution >= 4 is 56.3 Å². The highest BCUT2D eigenvalue weighted by Crippen LogP contribution is 2.31. The van der Waals surface area contributed by atoms with E-state index < -0.39 is 33.1 Å². The van der Waals surface area contributed by atoms with Gasteiger partial charge in [-0.3, -0.25) is 19.3 Å². The van der Waals surface area contributed by atoms with Crippen molar-refractivity contribution in [3.63, 3.8) is 0 Å². The first kappa shape index (κ1) is 24.2. The van der Waals surface area contributed by atoms with Gasteiger partial charge >= 0.3 is 0 Å². The van der Waals surface area contributed by atoms with Crippen molar-refractivity contribution in [2.24, 2.45) is 5.92 Å². The molecule has 0 radical (unpaired) electrons. The molecule has 8 nitrogen and oxygen atoms in total. The quantitative estimate of drug-likeness (QED) is 0.520. The third-order valence-electron chi connectivity index (χ3n) is 4.60. The van der Waals surface area contributed by atoms with Crippen LogP contribution in [-0.4, -0.2) is 49.5 Å². The Labute approximate surface area is 195 Å². The molecule has 2 N–H and O–H groups in total. The Bertz CT molecular complexity index is 1110. The van der Waals surface area contributed by atoms with Crippen molar-refractivity contribution in [2.75, 3.05) is 13.1 Å². The second-order valence-electron chi connectivity index (χ2n) is 7.31. The summed E-state index contributed by atoms with van der Waals surface area (Å²) in [6.45, 7) is 3.46. The Balaban J connectivity index is 1.58. The van der Waals surface area contributed by atoms with Gasteiger partial charge in [0.15, 0.2) is 0 Å². The zero-order valence-electron chi connectivity index (χ0n) is 17.5. The molecule has 3 rings (SSSR count). The minimum absolute atomic E-state index is 0.00890. The van der Waals surface area contributed by atoms with Crippen LogP contribution < -0.4 is 10.0 Å². The van der Waals surface area contributed by atoms with E-state index in [9.17, 15) is 22.8 Å². The first-order valence-corrected chi connectivity index (χ1v) is 13.0. The minimum atomic E-state index is -3.82. The zero-order valence-corrected chi connectivity index (χ0v) is 19.9. The number of benzene rings is 1. The number of amides is 3. The minimum Gasteiger partial charge on any atom is -0.353 e. The van der Waals surface area contributed by atoms with E-state index in [0.717, 1.165) is 33.6 Å². The van der Waals surface area contributed by atoms with Crippen LogP contribution in [0.5, 0.6) is 0 Å². The fourth-order valence-electron chi connectivity index (χ4n) is 2.93. The van der Waals surface area contributed by atoms with Gasteiger partial charge < -0.3 is 5.32 Å². The number of sulfonamides is 1. The molecule has 2 heterocycles. The number of carbonyl (C=O) groups excluding carboxylic acids is 3. The highest BCUT2D eigenvalue weighted by atomic mass is 32.2. The third kappa shape index (κ3) is 5.85. The van der Waals surface area contributed by atoms with Crippen LogP contribution in [0.25, 0.3) is 6.08 Å². The van der Waals surface area contributed by atoms with Crippen LogP contribution in [0.3, 0.4) is 0 Å². The molecule has 1 aromatic carbocycles. The van der Waals surface area contributed by atoms with Gasteiger partial charge in [0.25, 0.3) is 21.2 Å². The molecule has 1 saturated heterocycles. The van der Waals surface area contributed by atoms with Gasteiger partial charge in [0.05, 0.1) is 4.91 Å². The van der Waals surface area contributed by atoms with Crippen LogP contribution in [0.2, 0.25) is 0 Å². The summed E-state index contributed by atoms with van der Waals surface area (Å²) >= 11 is 1.91. The Morgan fingerprint density at radius 2 is 1.84 bits per heavy atom. The molecule has 1 fully saturated rings. The lowest BCUT2D eigenvalue weighted by atomic mass is 10.1. The van der Waals surface area contributed by atoms with E-state index in [2.05, 4.69) is 10.0 Å². The van der Waals surface area contributed by atoms with Crippen molar-refractivity contribution in [1.29, 1.82) is 0 Å². The molecular weight excluding hydrogens is 470 g/mol. The van der Waals surface area contributed by atoms with Crippen LogP contribution in [0, 0.1) is 5.92 Å². The second-order valence-corrected chi connectivity index (χ2v) is 11.2. The monoisotopic (exact) mass is 493 g/mol. The maximum atomic E-state index is 12.6. The van der Waals surface area contributed by atoms with Gasteiger partial charge in [0, 0.05) is 13.1 Å². The predicted octanol–water partition coefficient (Wildman–Crippen LogP) is 2.90. The first-order chi connectivity index (χ1) is 15.2. The Hall–Kier alpha value is -2.47. The molecule has 1 aliphatic rings. The summed E-state index contributed by atoms with van der Waals surface area (Å²) in [7, 11) is -3.82. The van der Waals surface area contributed by atoms with Crippen molar-refractivity contribution in [3.05, 3.63) is 58.3 Å². The number of thiophene rings is 1. The van der Waals surface area contributed by atoms with Crippen LogP contribution in [0.15, 0.2) is 57.0 Å². The lowest BCUT2D eigenvalue weighted by Crippen LogP contribution is -2.50. The van der Waals surface area contributed by atoms with Crippen LogP contribution in [-0.2, 0) is 19.6 Å². The summed E-state index contributed by atoms with van der Waals surface area (Å²) in [5.41, 5.74) is 0.809. The van der Waals surface area contributed by atoms with Gasteiger partial charge in [0.2, 0.25) is 5.91 Å². The van der Waals surface area contributed by atoms with Crippen LogP contribution in [0.1, 0.15) is 19.4 Å². The summed E-state index contributed by atoms with van der Waals surface area (Å²) in [6, 6.07) is 11.3. The molecule has 0 spiro atoms. The highest BCUT2D eigenvalue weighted by Gasteiger charge is 2.35. The number of carbonyl (C=O) groups is 3. The SMILES string of the molecule is CC(C)C(NS(=O)(=O)c1cccs1)C(=O)NCCN1C(=O)SC(=Cc2ccccc2)C1=O. The van der Waals surface area contributed by atoms with Gasteiger partial charge in [-0.2, -0.15) is 4.72 Å². The lowest BCUT2D eigenvalue weighted by molar-refractivity contribution is -0.125. The topological polar surface area (TPSA) is 113 Å². The number of thioether (sulfide) groups is 1. The predicted molar refractivity (Wildman–Crippen MR) is 125 cm³/mol. The number of rotatable bonds is 9. The maximum absolute atomic E-state index is 12.6. The molecule has 3 amide bonds. The molecule has 1 aliphatic heterocycles. The molecular formula is C21H23N3O5S3. The number of hydrogen-bond acceptors (Lipinski definition) is 7. The fraction of sp³-hybridized carbons (Fsp3) is 0.286.